The Morgan fingerprint density at radius 1 is 1.24 bits per heavy atom. The van der Waals surface area contributed by atoms with Crippen LogP contribution in [0.5, 0.6) is 5.75 Å². The number of rotatable bonds is 3. The first kappa shape index (κ1) is 19.0. The van der Waals surface area contributed by atoms with Gasteiger partial charge in [0.15, 0.2) is 5.92 Å². The highest BCUT2D eigenvalue weighted by Gasteiger charge is 2.42. The van der Waals surface area contributed by atoms with Gasteiger partial charge in [-0.1, -0.05) is 36.4 Å². The van der Waals surface area contributed by atoms with Crippen LogP contribution in [0.15, 0.2) is 53.5 Å². The normalized spacial score (nSPS) is 21.1. The number of carbonyl (C=O) groups is 2. The molecule has 0 aromatic heterocycles. The van der Waals surface area contributed by atoms with E-state index < -0.39 is 23.8 Å². The van der Waals surface area contributed by atoms with Crippen LogP contribution in [0.1, 0.15) is 29.7 Å². The minimum absolute atomic E-state index is 0.0553. The fraction of sp³-hybridized carbons (Fsp3) is 0.318. The number of nitrogens with zero attached hydrogens (tertiary/aromatic N) is 2. The first-order valence-corrected chi connectivity index (χ1v) is 9.72. The summed E-state index contributed by atoms with van der Waals surface area (Å²) in [5.41, 5.74) is 3.07. The molecule has 29 heavy (non-hydrogen) atoms. The molecular weight excluding hydrogens is 370 g/mol. The van der Waals surface area contributed by atoms with Crippen molar-refractivity contribution in [3.8, 4) is 5.75 Å². The molecule has 0 saturated carbocycles. The van der Waals surface area contributed by atoms with Crippen LogP contribution in [0.3, 0.4) is 0 Å². The lowest BCUT2D eigenvalue weighted by Gasteiger charge is -2.36. The van der Waals surface area contributed by atoms with Crippen molar-refractivity contribution in [1.29, 1.82) is 0 Å². The van der Waals surface area contributed by atoms with Crippen LogP contribution in [-0.4, -0.2) is 41.0 Å². The summed E-state index contributed by atoms with van der Waals surface area (Å²) in [6.07, 6.45) is 0.850. The predicted octanol–water partition coefficient (Wildman–Crippen LogP) is 2.16. The lowest BCUT2D eigenvalue weighted by molar-refractivity contribution is -0.153. The van der Waals surface area contributed by atoms with Gasteiger partial charge in [-0.2, -0.15) is 0 Å². The molecule has 2 aliphatic heterocycles. The molecule has 0 radical (unpaired) electrons. The number of nitrogens with one attached hydrogen (secondary N) is 1. The van der Waals surface area contributed by atoms with Gasteiger partial charge in [0.25, 0.3) is 0 Å². The zero-order valence-corrected chi connectivity index (χ0v) is 16.2. The highest BCUT2D eigenvalue weighted by Crippen LogP contribution is 2.33. The van der Waals surface area contributed by atoms with Crippen molar-refractivity contribution < 1.29 is 19.4 Å². The van der Waals surface area contributed by atoms with Crippen LogP contribution in [-0.2, 0) is 27.3 Å². The van der Waals surface area contributed by atoms with E-state index in [0.29, 0.717) is 24.6 Å². The number of guanidine groups is 1. The quantitative estimate of drug-likeness (QED) is 0.616. The highest BCUT2D eigenvalue weighted by molar-refractivity contribution is 6.08. The molecule has 2 aromatic rings. The maximum atomic E-state index is 12.9. The van der Waals surface area contributed by atoms with Gasteiger partial charge in [-0.05, 0) is 42.2 Å². The molecule has 0 bridgehead atoms. The van der Waals surface area contributed by atoms with Crippen molar-refractivity contribution in [1.82, 2.24) is 10.2 Å². The van der Waals surface area contributed by atoms with E-state index in [1.54, 1.807) is 19.1 Å². The summed E-state index contributed by atoms with van der Waals surface area (Å²) < 4.78 is 5.12. The van der Waals surface area contributed by atoms with Gasteiger partial charge in [0.1, 0.15) is 11.8 Å². The van der Waals surface area contributed by atoms with Gasteiger partial charge in [-0.25, -0.2) is 4.99 Å². The Bertz CT molecular complexity index is 972. The maximum Gasteiger partial charge on any atom is 0.321 e. The molecule has 150 valence electrons. The number of fused-ring (bicyclic) bond motifs is 1. The zero-order chi connectivity index (χ0) is 20.4. The highest BCUT2D eigenvalue weighted by atomic mass is 16.5. The molecule has 2 aliphatic rings. The van der Waals surface area contributed by atoms with Crippen LogP contribution >= 0.6 is 0 Å². The Hall–Kier alpha value is -3.35. The molecule has 7 nitrogen and oxygen atoms in total. The smallest absolute Gasteiger partial charge is 0.321 e. The topological polar surface area (TPSA) is 91.2 Å². The number of hydrogen-bond acceptors (Lipinski definition) is 6. The molecule has 2 aromatic carbocycles. The summed E-state index contributed by atoms with van der Waals surface area (Å²) in [6, 6.07) is 13.9. The number of ether oxygens (including phenoxy) is 1. The molecule has 2 N–H and O–H groups in total. The summed E-state index contributed by atoms with van der Waals surface area (Å²) in [7, 11) is 0. The molecule has 0 spiro atoms. The van der Waals surface area contributed by atoms with E-state index in [1.807, 2.05) is 17.0 Å². The van der Waals surface area contributed by atoms with E-state index in [1.165, 1.54) is 23.3 Å². The molecule has 4 rings (SSSR count). The summed E-state index contributed by atoms with van der Waals surface area (Å²) in [6.45, 7) is 3.22. The number of amides is 1. The molecule has 0 saturated heterocycles. The van der Waals surface area contributed by atoms with E-state index in [-0.39, 0.29) is 12.4 Å². The van der Waals surface area contributed by atoms with Gasteiger partial charge in [-0.3, -0.25) is 14.9 Å². The standard InChI is InChI=1S/C22H23N3O4/c1-2-29-21(28)18-19(15-8-5-9-17(26)12-15)23-22(24-20(18)27)25-11-10-14-6-3-4-7-16(14)13-25/h3-9,12,18-19,26H,2,10-11,13H2,1H3,(H,23,24,27)/t18-,19-/m0/s1. The lowest BCUT2D eigenvalue weighted by atomic mass is 9.91. The molecule has 0 fully saturated rings. The van der Waals surface area contributed by atoms with Crippen LogP contribution in [0.25, 0.3) is 0 Å². The number of phenolic OH excluding ortho intramolecular Hbond substituents is 1. The summed E-state index contributed by atoms with van der Waals surface area (Å²) in [5, 5.41) is 12.7. The van der Waals surface area contributed by atoms with Crippen molar-refractivity contribution in [3.63, 3.8) is 0 Å². The minimum Gasteiger partial charge on any atom is -0.508 e. The van der Waals surface area contributed by atoms with Crippen LogP contribution in [0.2, 0.25) is 0 Å². The Balaban J connectivity index is 1.69. The molecule has 2 heterocycles. The number of hydrogen-bond donors (Lipinski definition) is 2. The number of phenols is 1. The van der Waals surface area contributed by atoms with E-state index in [4.69, 9.17) is 9.73 Å². The molecular formula is C22H23N3O4. The summed E-state index contributed by atoms with van der Waals surface area (Å²) >= 11 is 0. The minimum atomic E-state index is -1.10. The van der Waals surface area contributed by atoms with Crippen LogP contribution in [0, 0.1) is 5.92 Å². The third kappa shape index (κ3) is 3.81. The van der Waals surface area contributed by atoms with Crippen molar-refractivity contribution in [3.05, 3.63) is 65.2 Å². The fourth-order valence-electron chi connectivity index (χ4n) is 3.85. The average molecular weight is 393 g/mol. The Labute approximate surface area is 169 Å². The summed E-state index contributed by atoms with van der Waals surface area (Å²) in [5.74, 6) is -1.67. The molecule has 7 heteroatoms. The van der Waals surface area contributed by atoms with Crippen molar-refractivity contribution in [2.75, 3.05) is 13.2 Å². The van der Waals surface area contributed by atoms with E-state index in [9.17, 15) is 14.7 Å². The van der Waals surface area contributed by atoms with Crippen molar-refractivity contribution >= 4 is 17.8 Å². The van der Waals surface area contributed by atoms with E-state index in [2.05, 4.69) is 17.4 Å². The van der Waals surface area contributed by atoms with Crippen molar-refractivity contribution in [2.45, 2.75) is 25.9 Å². The maximum absolute atomic E-state index is 12.9. The SMILES string of the molecule is CCOC(=O)[C@@H]1C(=O)NC(N2CCc3ccccc3C2)=N[C@H]1c1cccc(O)c1. The average Bonchev–Trinajstić information content (AvgIpc) is 2.73. The second kappa shape index (κ2) is 7.95. The largest absolute Gasteiger partial charge is 0.508 e. The molecule has 0 aliphatic carbocycles. The number of esters is 1. The van der Waals surface area contributed by atoms with Gasteiger partial charge in [-0.15, -0.1) is 0 Å². The monoisotopic (exact) mass is 393 g/mol. The van der Waals surface area contributed by atoms with Gasteiger partial charge in [0, 0.05) is 13.1 Å². The molecule has 0 unspecified atom stereocenters. The Morgan fingerprint density at radius 3 is 2.79 bits per heavy atom. The predicted molar refractivity (Wildman–Crippen MR) is 107 cm³/mol. The van der Waals surface area contributed by atoms with Gasteiger partial charge in [0.05, 0.1) is 6.61 Å². The van der Waals surface area contributed by atoms with E-state index >= 15 is 0 Å². The Morgan fingerprint density at radius 2 is 2.03 bits per heavy atom. The second-order valence-electron chi connectivity index (χ2n) is 7.15. The number of benzene rings is 2. The zero-order valence-electron chi connectivity index (χ0n) is 16.2. The van der Waals surface area contributed by atoms with Gasteiger partial charge in [0.2, 0.25) is 11.9 Å². The second-order valence-corrected chi connectivity index (χ2v) is 7.15. The fourth-order valence-corrected chi connectivity index (χ4v) is 3.85. The Kier molecular flexibility index (Phi) is 5.20. The number of aromatic hydroxyl groups is 1. The van der Waals surface area contributed by atoms with Crippen molar-refractivity contribution in [2.24, 2.45) is 10.9 Å². The van der Waals surface area contributed by atoms with Gasteiger partial charge < -0.3 is 14.7 Å². The van der Waals surface area contributed by atoms with Gasteiger partial charge >= 0.3 is 5.97 Å². The molecule has 2 atom stereocenters. The third-order valence-corrected chi connectivity index (χ3v) is 5.28. The first-order valence-electron chi connectivity index (χ1n) is 9.72. The molecule has 1 amide bonds. The van der Waals surface area contributed by atoms with Crippen LogP contribution < -0.4 is 5.32 Å². The van der Waals surface area contributed by atoms with E-state index in [0.717, 1.165) is 6.42 Å². The van der Waals surface area contributed by atoms with Crippen LogP contribution in [0.4, 0.5) is 0 Å². The number of aliphatic imine (C=N–C) groups is 1. The third-order valence-electron chi connectivity index (χ3n) is 5.28. The lowest BCUT2D eigenvalue weighted by Crippen LogP contribution is -2.53. The summed E-state index contributed by atoms with van der Waals surface area (Å²) in [4.78, 5) is 32.1. The number of carbonyl (C=O) groups excluding carboxylic acids is 2. The first-order chi connectivity index (χ1) is 14.1.